The van der Waals surface area contributed by atoms with Gasteiger partial charge in [0.05, 0.1) is 16.6 Å². The lowest BCUT2D eigenvalue weighted by Crippen LogP contribution is -2.33. The fourth-order valence-corrected chi connectivity index (χ4v) is 4.60. The Morgan fingerprint density at radius 2 is 2.03 bits per heavy atom. The van der Waals surface area contributed by atoms with Crippen LogP contribution >= 0.6 is 34.5 Å². The molecular weight excluding hydrogens is 473 g/mol. The number of thiazole rings is 1. The van der Waals surface area contributed by atoms with Gasteiger partial charge in [-0.15, -0.1) is 11.3 Å². The highest BCUT2D eigenvalue weighted by Gasteiger charge is 2.19. The van der Waals surface area contributed by atoms with Crippen molar-refractivity contribution in [1.82, 2.24) is 14.7 Å². The van der Waals surface area contributed by atoms with Gasteiger partial charge in [0.25, 0.3) is 5.91 Å². The number of anilines is 1. The quantitative estimate of drug-likeness (QED) is 0.385. The lowest BCUT2D eigenvalue weighted by Gasteiger charge is -2.03. The van der Waals surface area contributed by atoms with E-state index in [-0.39, 0.29) is 10.6 Å². The first-order valence-electron chi connectivity index (χ1n) is 8.31. The van der Waals surface area contributed by atoms with E-state index in [0.717, 1.165) is 22.7 Å². The third-order valence-corrected chi connectivity index (χ3v) is 6.97. The Morgan fingerprint density at radius 1 is 1.27 bits per heavy atom. The summed E-state index contributed by atoms with van der Waals surface area (Å²) in [4.78, 5) is 30.5. The molecule has 9 nitrogen and oxygen atoms in total. The predicted molar refractivity (Wildman–Crippen MR) is 115 cm³/mol. The third-order valence-electron chi connectivity index (χ3n) is 3.82. The molecule has 30 heavy (non-hydrogen) atoms. The van der Waals surface area contributed by atoms with Crippen LogP contribution in [0.2, 0.25) is 10.0 Å². The number of rotatable bonds is 8. The number of halogens is 2. The van der Waals surface area contributed by atoms with Crippen molar-refractivity contribution >= 4 is 61.5 Å². The molecule has 2 heterocycles. The molecule has 13 heteroatoms. The first-order chi connectivity index (χ1) is 14.2. The average Bonchev–Trinajstić information content (AvgIpc) is 3.34. The number of nitrogens with zero attached hydrogens (tertiary/aromatic N) is 1. The van der Waals surface area contributed by atoms with Crippen LogP contribution in [0.5, 0.6) is 0 Å². The molecule has 0 saturated heterocycles. The van der Waals surface area contributed by atoms with E-state index >= 15 is 0 Å². The maximum atomic E-state index is 12.4. The number of carbonyl (C=O) groups excluding carboxylic acids is 2. The molecular formula is C17H15Cl2N5O4S2. The number of nitrogens with two attached hydrogens (primary N) is 1. The van der Waals surface area contributed by atoms with Crippen molar-refractivity contribution in [3.63, 3.8) is 0 Å². The van der Waals surface area contributed by atoms with E-state index in [1.807, 2.05) is 10.8 Å². The molecule has 5 N–H and O–H groups in total. The number of aromatic amines is 1. The summed E-state index contributed by atoms with van der Waals surface area (Å²) in [6.07, 6.45) is 3.23. The number of nitrogens with one attached hydrogen (secondary N) is 3. The zero-order valence-corrected chi connectivity index (χ0v) is 18.3. The first kappa shape index (κ1) is 22.2. The van der Waals surface area contributed by atoms with Gasteiger partial charge in [0.15, 0.2) is 5.13 Å². The fraction of sp³-hybridized carbons (Fsp3) is 0.118. The Kier molecular flexibility index (Phi) is 6.78. The summed E-state index contributed by atoms with van der Waals surface area (Å²) < 4.78 is 26.1. The minimum atomic E-state index is -3.98. The number of sulfonamides is 1. The second-order valence-electron chi connectivity index (χ2n) is 6.02. The maximum absolute atomic E-state index is 12.4. The van der Waals surface area contributed by atoms with Gasteiger partial charge in [-0.2, -0.15) is 0 Å². The van der Waals surface area contributed by atoms with E-state index in [1.54, 1.807) is 18.3 Å². The smallest absolute Gasteiger partial charge is 0.273 e. The second-order valence-corrected chi connectivity index (χ2v) is 9.68. The average molecular weight is 488 g/mol. The Bertz CT molecular complexity index is 1210. The number of benzene rings is 1. The Morgan fingerprint density at radius 3 is 2.77 bits per heavy atom. The van der Waals surface area contributed by atoms with Crippen LogP contribution in [0, 0.1) is 0 Å². The third kappa shape index (κ3) is 5.37. The van der Waals surface area contributed by atoms with Gasteiger partial charge in [0, 0.05) is 23.7 Å². The monoisotopic (exact) mass is 487 g/mol. The van der Waals surface area contributed by atoms with Crippen LogP contribution in [0.15, 0.2) is 41.6 Å². The number of primary amides is 1. The molecule has 3 rings (SSSR count). The number of aromatic nitrogens is 2. The molecule has 0 atom stereocenters. The highest BCUT2D eigenvalue weighted by Crippen LogP contribution is 2.29. The SMILES string of the molecule is NC(=O)CNS(=O)(=O)c1c[nH]c(C(=O)Nc2ncc(Cc3cccc(Cl)c3Cl)s2)c1. The van der Waals surface area contributed by atoms with Crippen LogP contribution in [0.3, 0.4) is 0 Å². The molecule has 1 aromatic carbocycles. The second kappa shape index (κ2) is 9.14. The zero-order chi connectivity index (χ0) is 21.9. The van der Waals surface area contributed by atoms with Crippen LogP contribution in [0.1, 0.15) is 20.9 Å². The first-order valence-corrected chi connectivity index (χ1v) is 11.4. The molecule has 0 spiro atoms. The van der Waals surface area contributed by atoms with Crippen LogP contribution in [-0.2, 0) is 21.2 Å². The summed E-state index contributed by atoms with van der Waals surface area (Å²) in [7, 11) is -3.98. The topological polar surface area (TPSA) is 147 Å². The number of amides is 2. The molecule has 0 aliphatic heterocycles. The molecule has 0 radical (unpaired) electrons. The molecule has 158 valence electrons. The Balaban J connectivity index is 1.67. The highest BCUT2D eigenvalue weighted by atomic mass is 35.5. The van der Waals surface area contributed by atoms with Gasteiger partial charge < -0.3 is 10.7 Å². The van der Waals surface area contributed by atoms with Gasteiger partial charge >= 0.3 is 0 Å². The van der Waals surface area contributed by atoms with E-state index in [9.17, 15) is 18.0 Å². The number of hydrogen-bond donors (Lipinski definition) is 4. The molecule has 0 fully saturated rings. The summed E-state index contributed by atoms with van der Waals surface area (Å²) in [5.41, 5.74) is 5.76. The van der Waals surface area contributed by atoms with Gasteiger partial charge in [0.2, 0.25) is 15.9 Å². The largest absolute Gasteiger partial charge is 0.369 e. The van der Waals surface area contributed by atoms with Gasteiger partial charge in [-0.1, -0.05) is 35.3 Å². The van der Waals surface area contributed by atoms with Crippen molar-refractivity contribution in [2.24, 2.45) is 5.73 Å². The molecule has 2 aromatic heterocycles. The minimum Gasteiger partial charge on any atom is -0.369 e. The van der Waals surface area contributed by atoms with E-state index in [0.29, 0.717) is 21.6 Å². The van der Waals surface area contributed by atoms with Crippen molar-refractivity contribution in [3.8, 4) is 0 Å². The van der Waals surface area contributed by atoms with Crippen molar-refractivity contribution in [2.45, 2.75) is 11.3 Å². The summed E-state index contributed by atoms with van der Waals surface area (Å²) in [6.45, 7) is -0.548. The number of hydrogen-bond acceptors (Lipinski definition) is 6. The van der Waals surface area contributed by atoms with Crippen LogP contribution in [-0.4, -0.2) is 36.7 Å². The highest BCUT2D eigenvalue weighted by molar-refractivity contribution is 7.89. The fourth-order valence-electron chi connectivity index (χ4n) is 2.39. The van der Waals surface area contributed by atoms with E-state index in [4.69, 9.17) is 28.9 Å². The van der Waals surface area contributed by atoms with Crippen molar-refractivity contribution < 1.29 is 18.0 Å². The van der Waals surface area contributed by atoms with Crippen LogP contribution < -0.4 is 15.8 Å². The van der Waals surface area contributed by atoms with Crippen LogP contribution in [0.25, 0.3) is 0 Å². The number of H-pyrrole nitrogens is 1. The van der Waals surface area contributed by atoms with Crippen LogP contribution in [0.4, 0.5) is 5.13 Å². The van der Waals surface area contributed by atoms with Gasteiger partial charge in [0.1, 0.15) is 10.6 Å². The molecule has 0 saturated carbocycles. The summed E-state index contributed by atoms with van der Waals surface area (Å²) in [5, 5.41) is 3.84. The van der Waals surface area contributed by atoms with E-state index in [2.05, 4.69) is 15.3 Å². The minimum absolute atomic E-state index is 0.00378. The standard InChI is InChI=1S/C17H15Cl2N5O4S2/c18-12-3-1-2-9(15(12)19)4-10-6-22-17(29-10)24-16(26)13-5-11(7-21-13)30(27,28)23-8-14(20)25/h1-3,5-7,21,23H,4,8H2,(H2,20,25)(H,22,24,26). The molecule has 0 bridgehead atoms. The van der Waals surface area contributed by atoms with E-state index < -0.39 is 28.4 Å². The molecule has 0 unspecified atom stereocenters. The predicted octanol–water partition coefficient (Wildman–Crippen LogP) is 2.38. The molecule has 0 aliphatic carbocycles. The normalized spacial score (nSPS) is 11.4. The van der Waals surface area contributed by atoms with E-state index in [1.165, 1.54) is 11.3 Å². The van der Waals surface area contributed by atoms with Crippen molar-refractivity contribution in [3.05, 3.63) is 62.8 Å². The van der Waals surface area contributed by atoms with Gasteiger partial charge in [-0.25, -0.2) is 18.1 Å². The molecule has 3 aromatic rings. The van der Waals surface area contributed by atoms with Gasteiger partial charge in [-0.05, 0) is 17.7 Å². The van der Waals surface area contributed by atoms with Crippen molar-refractivity contribution in [2.75, 3.05) is 11.9 Å². The Labute approximate surface area is 185 Å². The zero-order valence-electron chi connectivity index (χ0n) is 15.1. The maximum Gasteiger partial charge on any atom is 0.273 e. The summed E-state index contributed by atoms with van der Waals surface area (Å²) in [5.74, 6) is -1.40. The summed E-state index contributed by atoms with van der Waals surface area (Å²) in [6, 6.07) is 6.47. The lowest BCUT2D eigenvalue weighted by atomic mass is 10.1. The summed E-state index contributed by atoms with van der Waals surface area (Å²) >= 11 is 13.5. The van der Waals surface area contributed by atoms with Gasteiger partial charge in [-0.3, -0.25) is 14.9 Å². The molecule has 2 amide bonds. The van der Waals surface area contributed by atoms with Crippen molar-refractivity contribution in [1.29, 1.82) is 0 Å². The lowest BCUT2D eigenvalue weighted by molar-refractivity contribution is -0.116. The molecule has 0 aliphatic rings. The Hall–Kier alpha value is -2.44. The number of carbonyl (C=O) groups is 2.